The zero-order valence-corrected chi connectivity index (χ0v) is 10.5. The fourth-order valence-electron chi connectivity index (χ4n) is 1.63. The van der Waals surface area contributed by atoms with Gasteiger partial charge in [0.25, 0.3) is 0 Å². The van der Waals surface area contributed by atoms with Crippen LogP contribution in [0.1, 0.15) is 6.42 Å². The van der Waals surface area contributed by atoms with E-state index in [1.807, 2.05) is 30.3 Å². The lowest BCUT2D eigenvalue weighted by molar-refractivity contribution is -0.136. The van der Waals surface area contributed by atoms with Gasteiger partial charge in [-0.25, -0.2) is 0 Å². The normalized spacial score (nSPS) is 11.4. The maximum atomic E-state index is 10.6. The Labute approximate surface area is 96.1 Å². The van der Waals surface area contributed by atoms with Gasteiger partial charge in [-0.15, -0.1) is 0 Å². The fraction of sp³-hybridized carbons (Fsp3) is 0.364. The largest absolute Gasteiger partial charge is 0.481 e. The van der Waals surface area contributed by atoms with Crippen molar-refractivity contribution in [3.63, 3.8) is 0 Å². The minimum Gasteiger partial charge on any atom is -0.481 e. The van der Waals surface area contributed by atoms with Gasteiger partial charge in [0.2, 0.25) is 0 Å². The average molecular weight is 240 g/mol. The van der Waals surface area contributed by atoms with Crippen molar-refractivity contribution in [2.45, 2.75) is 12.5 Å². The first-order valence-corrected chi connectivity index (χ1v) is 7.04. The van der Waals surface area contributed by atoms with Crippen molar-refractivity contribution < 1.29 is 18.8 Å². The summed E-state index contributed by atoms with van der Waals surface area (Å²) in [4.78, 5) is 10.6. The molecule has 1 aromatic rings. The Morgan fingerprint density at radius 2 is 1.81 bits per heavy atom. The van der Waals surface area contributed by atoms with Gasteiger partial charge in [-0.05, 0) is 5.19 Å². The highest BCUT2D eigenvalue weighted by atomic mass is 28.4. The van der Waals surface area contributed by atoms with E-state index in [1.165, 1.54) is 0 Å². The van der Waals surface area contributed by atoms with E-state index in [-0.39, 0.29) is 6.42 Å². The molecule has 1 rings (SSSR count). The molecule has 0 aromatic heterocycles. The quantitative estimate of drug-likeness (QED) is 0.757. The van der Waals surface area contributed by atoms with E-state index in [9.17, 15) is 4.79 Å². The summed E-state index contributed by atoms with van der Waals surface area (Å²) >= 11 is 0. The Morgan fingerprint density at radius 3 is 2.25 bits per heavy atom. The maximum Gasteiger partial charge on any atom is 0.372 e. The number of carboxylic acid groups (broad SMARTS) is 1. The first kappa shape index (κ1) is 12.9. The third kappa shape index (κ3) is 2.91. The molecule has 0 saturated heterocycles. The van der Waals surface area contributed by atoms with Gasteiger partial charge >= 0.3 is 14.5 Å². The van der Waals surface area contributed by atoms with Gasteiger partial charge in [0, 0.05) is 26.7 Å². The number of carboxylic acids is 1. The topological polar surface area (TPSA) is 55.8 Å². The molecule has 0 amide bonds. The van der Waals surface area contributed by atoms with Crippen molar-refractivity contribution in [1.82, 2.24) is 0 Å². The molecule has 0 atom stereocenters. The monoisotopic (exact) mass is 240 g/mol. The summed E-state index contributed by atoms with van der Waals surface area (Å²) in [7, 11) is 0.585. The highest BCUT2D eigenvalue weighted by Gasteiger charge is 2.38. The Morgan fingerprint density at radius 1 is 1.25 bits per heavy atom. The van der Waals surface area contributed by atoms with Gasteiger partial charge in [0.1, 0.15) is 0 Å². The molecule has 0 aliphatic heterocycles. The lowest BCUT2D eigenvalue weighted by Gasteiger charge is -2.27. The van der Waals surface area contributed by atoms with Gasteiger partial charge in [-0.2, -0.15) is 0 Å². The predicted molar refractivity (Wildman–Crippen MR) is 62.9 cm³/mol. The zero-order chi connectivity index (χ0) is 12.0. The molecule has 0 saturated carbocycles. The molecule has 0 aliphatic carbocycles. The van der Waals surface area contributed by atoms with Gasteiger partial charge in [-0.1, -0.05) is 30.3 Å². The molecule has 1 aromatic carbocycles. The van der Waals surface area contributed by atoms with Crippen LogP contribution in [0.2, 0.25) is 6.04 Å². The predicted octanol–water partition coefficient (Wildman–Crippen LogP) is 1.10. The summed E-state index contributed by atoms with van der Waals surface area (Å²) in [5.74, 6) is -0.832. The summed E-state index contributed by atoms with van der Waals surface area (Å²) < 4.78 is 11.0. The highest BCUT2D eigenvalue weighted by Crippen LogP contribution is 2.14. The first-order chi connectivity index (χ1) is 7.64. The van der Waals surface area contributed by atoms with Crippen LogP contribution in [0.3, 0.4) is 0 Å². The second-order valence-corrected chi connectivity index (χ2v) is 6.82. The molecule has 5 heteroatoms. The smallest absolute Gasteiger partial charge is 0.372 e. The van der Waals surface area contributed by atoms with Crippen LogP contribution in [0.25, 0.3) is 0 Å². The van der Waals surface area contributed by atoms with Gasteiger partial charge < -0.3 is 14.0 Å². The van der Waals surface area contributed by atoms with Gasteiger partial charge in [0.15, 0.2) is 0 Å². The molecule has 0 heterocycles. The summed E-state index contributed by atoms with van der Waals surface area (Å²) in [5.41, 5.74) is 0. The second kappa shape index (κ2) is 5.79. The van der Waals surface area contributed by atoms with Crippen molar-refractivity contribution in [3.05, 3.63) is 30.3 Å². The summed E-state index contributed by atoms with van der Waals surface area (Å²) in [6.07, 6.45) is 0.0583. The molecule has 0 aliphatic rings. The van der Waals surface area contributed by atoms with E-state index in [2.05, 4.69) is 0 Å². The molecule has 4 nitrogen and oxygen atoms in total. The third-order valence-corrected chi connectivity index (χ3v) is 5.98. The number of rotatable bonds is 6. The molecule has 16 heavy (non-hydrogen) atoms. The SMILES string of the molecule is CO[Si](CCC(=O)O)(OC)c1ccccc1. The number of hydrogen-bond donors (Lipinski definition) is 1. The lowest BCUT2D eigenvalue weighted by Crippen LogP contribution is -2.52. The molecular weight excluding hydrogens is 224 g/mol. The molecule has 0 radical (unpaired) electrons. The van der Waals surface area contributed by atoms with Crippen LogP contribution >= 0.6 is 0 Å². The van der Waals surface area contributed by atoms with Crippen molar-refractivity contribution >= 4 is 19.7 Å². The Balaban J connectivity index is 2.92. The van der Waals surface area contributed by atoms with E-state index in [1.54, 1.807) is 14.2 Å². The Kier molecular flexibility index (Phi) is 4.66. The van der Waals surface area contributed by atoms with Crippen molar-refractivity contribution in [2.75, 3.05) is 14.2 Å². The Hall–Kier alpha value is -1.17. The van der Waals surface area contributed by atoms with Crippen molar-refractivity contribution in [1.29, 1.82) is 0 Å². The van der Waals surface area contributed by atoms with E-state index < -0.39 is 14.5 Å². The standard InChI is InChI=1S/C11H16O4Si/c1-14-16(15-2,9-8-11(12)13)10-6-4-3-5-7-10/h3-7H,8-9H2,1-2H3,(H,12,13). The lowest BCUT2D eigenvalue weighted by atomic mass is 10.4. The Bertz CT molecular complexity index is 335. The first-order valence-electron chi connectivity index (χ1n) is 5.02. The average Bonchev–Trinajstić information content (AvgIpc) is 2.32. The molecule has 1 N–H and O–H groups in total. The second-order valence-electron chi connectivity index (χ2n) is 3.42. The minimum atomic E-state index is -2.56. The van der Waals surface area contributed by atoms with Crippen molar-refractivity contribution in [2.24, 2.45) is 0 Å². The zero-order valence-electron chi connectivity index (χ0n) is 9.47. The fourth-order valence-corrected chi connectivity index (χ4v) is 4.21. The summed E-state index contributed by atoms with van der Waals surface area (Å²) in [6.45, 7) is 0. The van der Waals surface area contributed by atoms with Crippen LogP contribution < -0.4 is 5.19 Å². The molecular formula is C11H16O4Si. The van der Waals surface area contributed by atoms with Crippen LogP contribution in [-0.2, 0) is 13.6 Å². The number of carbonyl (C=O) groups is 1. The van der Waals surface area contributed by atoms with Crippen molar-refractivity contribution in [3.8, 4) is 0 Å². The molecule has 88 valence electrons. The molecule has 0 spiro atoms. The van der Waals surface area contributed by atoms with E-state index in [4.69, 9.17) is 14.0 Å². The van der Waals surface area contributed by atoms with E-state index in [0.29, 0.717) is 6.04 Å². The van der Waals surface area contributed by atoms with Gasteiger partial charge in [-0.3, -0.25) is 4.79 Å². The third-order valence-electron chi connectivity index (χ3n) is 2.54. The summed E-state index contributed by atoms with van der Waals surface area (Å²) in [5, 5.41) is 9.69. The maximum absolute atomic E-state index is 10.6. The van der Waals surface area contributed by atoms with Crippen LogP contribution in [-0.4, -0.2) is 33.9 Å². The molecule has 0 bridgehead atoms. The summed E-state index contributed by atoms with van der Waals surface area (Å²) in [6, 6.07) is 9.96. The highest BCUT2D eigenvalue weighted by molar-refractivity contribution is 6.81. The minimum absolute atomic E-state index is 0.0583. The van der Waals surface area contributed by atoms with Crippen LogP contribution in [0, 0.1) is 0 Å². The van der Waals surface area contributed by atoms with Crippen LogP contribution in [0.4, 0.5) is 0 Å². The molecule has 0 fully saturated rings. The van der Waals surface area contributed by atoms with Gasteiger partial charge in [0.05, 0.1) is 0 Å². The number of benzene rings is 1. The number of hydrogen-bond acceptors (Lipinski definition) is 3. The van der Waals surface area contributed by atoms with E-state index in [0.717, 1.165) is 5.19 Å². The molecule has 0 unspecified atom stereocenters. The van der Waals surface area contributed by atoms with E-state index >= 15 is 0 Å². The van der Waals surface area contributed by atoms with Crippen LogP contribution in [0.15, 0.2) is 30.3 Å². The number of aliphatic carboxylic acids is 1. The van der Waals surface area contributed by atoms with Crippen LogP contribution in [0.5, 0.6) is 0 Å².